The molecule has 132 valence electrons. The van der Waals surface area contributed by atoms with Gasteiger partial charge in [0.15, 0.2) is 0 Å². The summed E-state index contributed by atoms with van der Waals surface area (Å²) >= 11 is 0. The summed E-state index contributed by atoms with van der Waals surface area (Å²) in [4.78, 5) is 0. The minimum absolute atomic E-state index is 0.641. The van der Waals surface area contributed by atoms with Crippen LogP contribution in [0.5, 0.6) is 11.5 Å². The Morgan fingerprint density at radius 1 is 0.846 bits per heavy atom. The van der Waals surface area contributed by atoms with Crippen molar-refractivity contribution in [2.24, 2.45) is 0 Å². The Morgan fingerprint density at radius 2 is 1.42 bits per heavy atom. The van der Waals surface area contributed by atoms with Gasteiger partial charge >= 0.3 is 0 Å². The highest BCUT2D eigenvalue weighted by Gasteiger charge is 2.37. The van der Waals surface area contributed by atoms with Gasteiger partial charge in [-0.05, 0) is 50.1 Å². The fourth-order valence-electron chi connectivity index (χ4n) is 3.34. The van der Waals surface area contributed by atoms with Crippen LogP contribution in [0.4, 0.5) is 0 Å². The molecule has 26 heavy (non-hydrogen) atoms. The van der Waals surface area contributed by atoms with E-state index >= 15 is 0 Å². The molecule has 1 N–H and O–H groups in total. The lowest BCUT2D eigenvalue weighted by Gasteiger charge is -2.29. The van der Waals surface area contributed by atoms with Crippen molar-refractivity contribution in [1.29, 1.82) is 0 Å². The van der Waals surface area contributed by atoms with Crippen LogP contribution < -0.4 is 20.4 Å². The van der Waals surface area contributed by atoms with Crippen molar-refractivity contribution in [2.75, 3.05) is 6.54 Å². The third-order valence-corrected chi connectivity index (χ3v) is 7.44. The summed E-state index contributed by atoms with van der Waals surface area (Å²) in [5, 5.41) is 4.92. The molecule has 0 fully saturated rings. The topological polar surface area (TPSA) is 38.3 Å². The molecule has 4 heteroatoms. The van der Waals surface area contributed by atoms with Crippen molar-refractivity contribution in [3.05, 3.63) is 83.4 Å². The molecular weight excluding hydrogens is 341 g/mol. The van der Waals surface area contributed by atoms with E-state index in [0.717, 1.165) is 28.2 Å². The summed E-state index contributed by atoms with van der Waals surface area (Å²) in [5.74, 6) is 1.37. The van der Waals surface area contributed by atoms with Crippen LogP contribution in [0.1, 0.15) is 16.7 Å². The van der Waals surface area contributed by atoms with Gasteiger partial charge in [0, 0.05) is 6.54 Å². The largest absolute Gasteiger partial charge is 0.456 e. The van der Waals surface area contributed by atoms with E-state index in [4.69, 9.17) is 4.74 Å². The summed E-state index contributed by atoms with van der Waals surface area (Å²) in [5.41, 5.74) is 3.39. The molecule has 3 aromatic carbocycles. The molecule has 0 bridgehead atoms. The van der Waals surface area contributed by atoms with Crippen molar-refractivity contribution in [2.45, 2.75) is 20.3 Å². The summed E-state index contributed by atoms with van der Waals surface area (Å²) < 4.78 is 20.2. The standard InChI is InChI=1S/C22H22NO2P/c1-16-8-10-19-21(14-16)26(24,22-15-17(2)9-11-20(22)25-19)23-13-12-18-6-4-3-5-7-18/h3-11,14-15H,12-13H2,1-2H3,(H,23,24). The average Bonchev–Trinajstić information content (AvgIpc) is 2.64. The van der Waals surface area contributed by atoms with Gasteiger partial charge < -0.3 is 4.74 Å². The number of aryl methyl sites for hydroxylation is 2. The molecule has 1 aliphatic rings. The molecule has 0 amide bonds. The van der Waals surface area contributed by atoms with E-state index in [0.29, 0.717) is 18.0 Å². The molecule has 0 aliphatic carbocycles. The monoisotopic (exact) mass is 363 g/mol. The van der Waals surface area contributed by atoms with Crippen molar-refractivity contribution < 1.29 is 9.30 Å². The number of rotatable bonds is 4. The van der Waals surface area contributed by atoms with E-state index in [1.165, 1.54) is 5.56 Å². The number of ether oxygens (including phenoxy) is 1. The van der Waals surface area contributed by atoms with Gasteiger partial charge in [0.1, 0.15) is 11.5 Å². The van der Waals surface area contributed by atoms with E-state index < -0.39 is 7.29 Å². The number of fused-ring (bicyclic) bond motifs is 2. The quantitative estimate of drug-likeness (QED) is 0.695. The minimum Gasteiger partial charge on any atom is -0.456 e. The molecule has 0 spiro atoms. The van der Waals surface area contributed by atoms with Crippen molar-refractivity contribution >= 4 is 17.9 Å². The first-order valence-corrected chi connectivity index (χ1v) is 10.6. The number of hydrogen-bond acceptors (Lipinski definition) is 2. The molecular formula is C22H22NO2P. The molecule has 3 aromatic rings. The average molecular weight is 363 g/mol. The smallest absolute Gasteiger partial charge is 0.212 e. The molecule has 1 aliphatic heterocycles. The van der Waals surface area contributed by atoms with Gasteiger partial charge in [-0.25, -0.2) is 0 Å². The van der Waals surface area contributed by atoms with Gasteiger partial charge in [-0.3, -0.25) is 9.65 Å². The Morgan fingerprint density at radius 3 is 2.00 bits per heavy atom. The predicted octanol–water partition coefficient (Wildman–Crippen LogP) is 4.47. The molecule has 4 rings (SSSR count). The Bertz CT molecular complexity index is 943. The number of benzene rings is 3. The van der Waals surface area contributed by atoms with Crippen LogP contribution >= 0.6 is 7.29 Å². The van der Waals surface area contributed by atoms with Gasteiger partial charge in [-0.1, -0.05) is 53.6 Å². The molecule has 0 radical (unpaired) electrons. The van der Waals surface area contributed by atoms with Gasteiger partial charge in [0.05, 0.1) is 10.6 Å². The van der Waals surface area contributed by atoms with Crippen LogP contribution in [0.3, 0.4) is 0 Å². The van der Waals surface area contributed by atoms with Crippen LogP contribution in [0.25, 0.3) is 0 Å². The lowest BCUT2D eigenvalue weighted by molar-refractivity contribution is 0.483. The molecule has 3 nitrogen and oxygen atoms in total. The van der Waals surface area contributed by atoms with Gasteiger partial charge in [-0.2, -0.15) is 0 Å². The first-order chi connectivity index (χ1) is 12.6. The fraction of sp³-hybridized carbons (Fsp3) is 0.182. The molecule has 0 unspecified atom stereocenters. The number of hydrogen-bond donors (Lipinski definition) is 1. The molecule has 0 saturated carbocycles. The van der Waals surface area contributed by atoms with Gasteiger partial charge in [0.2, 0.25) is 7.29 Å². The lowest BCUT2D eigenvalue weighted by atomic mass is 10.2. The zero-order valence-electron chi connectivity index (χ0n) is 15.0. The van der Waals surface area contributed by atoms with Crippen molar-refractivity contribution in [1.82, 2.24) is 5.09 Å². The molecule has 0 saturated heterocycles. The number of nitrogens with one attached hydrogen (secondary N) is 1. The second kappa shape index (κ2) is 6.75. The highest BCUT2D eigenvalue weighted by Crippen LogP contribution is 2.49. The second-order valence-electron chi connectivity index (χ2n) is 6.80. The summed E-state index contributed by atoms with van der Waals surface area (Å²) in [6, 6.07) is 22.0. The van der Waals surface area contributed by atoms with E-state index in [2.05, 4.69) is 17.2 Å². The van der Waals surface area contributed by atoms with Crippen molar-refractivity contribution in [3.63, 3.8) is 0 Å². The zero-order chi connectivity index (χ0) is 18.1. The van der Waals surface area contributed by atoms with E-state index in [1.807, 2.05) is 68.4 Å². The fourth-order valence-corrected chi connectivity index (χ4v) is 6.00. The van der Waals surface area contributed by atoms with Crippen LogP contribution in [0.2, 0.25) is 0 Å². The second-order valence-corrected chi connectivity index (χ2v) is 9.30. The predicted molar refractivity (Wildman–Crippen MR) is 107 cm³/mol. The van der Waals surface area contributed by atoms with E-state index in [-0.39, 0.29) is 0 Å². The maximum atomic E-state index is 14.2. The van der Waals surface area contributed by atoms with Crippen LogP contribution in [-0.2, 0) is 11.0 Å². The Labute approximate surface area is 154 Å². The Balaban J connectivity index is 1.72. The third-order valence-electron chi connectivity index (χ3n) is 4.72. The SMILES string of the molecule is Cc1ccc2c(c1)P(=O)(NCCc1ccccc1)c1cc(C)ccc1O2. The van der Waals surface area contributed by atoms with E-state index in [1.54, 1.807) is 0 Å². The first-order valence-electron chi connectivity index (χ1n) is 8.86. The lowest BCUT2D eigenvalue weighted by Crippen LogP contribution is -2.33. The normalized spacial score (nSPS) is 14.2. The highest BCUT2D eigenvalue weighted by atomic mass is 31.2. The van der Waals surface area contributed by atoms with Crippen LogP contribution in [0.15, 0.2) is 66.7 Å². The highest BCUT2D eigenvalue weighted by molar-refractivity contribution is 7.77. The van der Waals surface area contributed by atoms with Gasteiger partial charge in [0.25, 0.3) is 0 Å². The van der Waals surface area contributed by atoms with E-state index in [9.17, 15) is 4.57 Å². The third kappa shape index (κ3) is 3.09. The molecule has 0 aromatic heterocycles. The minimum atomic E-state index is -2.96. The van der Waals surface area contributed by atoms with Gasteiger partial charge in [-0.15, -0.1) is 0 Å². The summed E-state index contributed by atoms with van der Waals surface area (Å²) in [6.45, 7) is 4.67. The van der Waals surface area contributed by atoms with Crippen LogP contribution in [-0.4, -0.2) is 6.54 Å². The maximum Gasteiger partial charge on any atom is 0.212 e. The first kappa shape index (κ1) is 17.1. The summed E-state index contributed by atoms with van der Waals surface area (Å²) in [7, 11) is -2.96. The maximum absolute atomic E-state index is 14.2. The van der Waals surface area contributed by atoms with Crippen LogP contribution in [0, 0.1) is 13.8 Å². The zero-order valence-corrected chi connectivity index (χ0v) is 15.9. The molecule has 0 atom stereocenters. The van der Waals surface area contributed by atoms with Crippen molar-refractivity contribution in [3.8, 4) is 11.5 Å². The Hall–Kier alpha value is -2.35. The Kier molecular flexibility index (Phi) is 4.44. The summed E-state index contributed by atoms with van der Waals surface area (Å²) in [6.07, 6.45) is 0.827. The molecule has 1 heterocycles.